The number of nitrogens with two attached hydrogens (primary N) is 2. The van der Waals surface area contributed by atoms with Crippen molar-refractivity contribution in [3.63, 3.8) is 0 Å². The van der Waals surface area contributed by atoms with E-state index in [1.165, 1.54) is 15.3 Å². The van der Waals surface area contributed by atoms with Crippen LogP contribution < -0.4 is 33.6 Å². The minimum Gasteiger partial charge on any atom is -0.408 e. The molecule has 6 aromatic heterocycles. The number of carbonyl (C=O) groups excluding carboxylic acids is 2. The van der Waals surface area contributed by atoms with Gasteiger partial charge in [-0.2, -0.15) is 5.26 Å². The zero-order valence-corrected chi connectivity index (χ0v) is 33.8. The van der Waals surface area contributed by atoms with E-state index in [0.29, 0.717) is 80.5 Å². The number of nitrogens with one attached hydrogen (secondary N) is 3. The largest absolute Gasteiger partial charge is 0.419 e. The topological polar surface area (TPSA) is 280 Å². The summed E-state index contributed by atoms with van der Waals surface area (Å²) in [5.74, 6) is -0.419. The number of hydrogen-bond acceptors (Lipinski definition) is 14. The van der Waals surface area contributed by atoms with E-state index in [9.17, 15) is 19.2 Å². The van der Waals surface area contributed by atoms with Crippen molar-refractivity contribution in [2.45, 2.75) is 26.7 Å². The van der Waals surface area contributed by atoms with Gasteiger partial charge in [0.05, 0.1) is 40.3 Å². The number of aryl methyl sites for hydroxylation is 4. The van der Waals surface area contributed by atoms with E-state index in [2.05, 4.69) is 36.6 Å². The molecule has 8 aromatic rings. The van der Waals surface area contributed by atoms with Gasteiger partial charge in [0.15, 0.2) is 11.2 Å². The number of fused-ring (bicyclic) bond motifs is 4. The van der Waals surface area contributed by atoms with E-state index in [-0.39, 0.29) is 35.5 Å². The van der Waals surface area contributed by atoms with Crippen molar-refractivity contribution in [2.24, 2.45) is 37.8 Å². The van der Waals surface area contributed by atoms with Crippen molar-refractivity contribution < 1.29 is 18.4 Å². The second kappa shape index (κ2) is 14.8. The molecule has 0 unspecified atom stereocenters. The van der Waals surface area contributed by atoms with Crippen LogP contribution in [0.5, 0.6) is 0 Å². The molecular weight excluding hydrogens is 793 g/mol. The summed E-state index contributed by atoms with van der Waals surface area (Å²) in [4.78, 5) is 65.8. The molecule has 0 aliphatic heterocycles. The van der Waals surface area contributed by atoms with Crippen molar-refractivity contribution in [3.8, 4) is 28.6 Å². The molecule has 4 atom stereocenters. The summed E-state index contributed by atoms with van der Waals surface area (Å²) in [5, 5.41) is 24.6. The fraction of sp³-hybridized carbons (Fsp3) is 0.227. The van der Waals surface area contributed by atoms with Crippen LogP contribution in [0.4, 0.5) is 23.3 Å². The van der Waals surface area contributed by atoms with Gasteiger partial charge in [-0.05, 0) is 103 Å². The second-order valence-corrected chi connectivity index (χ2v) is 15.7. The first-order valence-corrected chi connectivity index (χ1v) is 19.6. The summed E-state index contributed by atoms with van der Waals surface area (Å²) in [6.07, 6.45) is 5.74. The molecule has 7 N–H and O–H groups in total. The standard InChI is InChI=1S/C22H20N6O3.C22H18N6O3/c2*1-10-3-17-18(31-22(30)28(17)2)7-13(10)16-5-11-6-19(25-9-15(11)20(24)26-16)27-21(29)14-4-12(14)8-23/h3,5-9,12,14,23H,4H2,1-2H3,(H2,24,26)(H,25,27,29);3,5-7,9,12,14H,4H2,1-2H3,(H2,24,26)(H,25,27,29)/t2*12-,14+/m01/s1. The predicted molar refractivity (Wildman–Crippen MR) is 233 cm³/mol. The summed E-state index contributed by atoms with van der Waals surface area (Å²) in [6.45, 7) is 3.86. The Hall–Kier alpha value is -8.20. The normalized spacial score (nSPS) is 17.7. The Morgan fingerprint density at radius 3 is 1.65 bits per heavy atom. The number of amides is 2. The highest BCUT2D eigenvalue weighted by molar-refractivity contribution is 6.01. The van der Waals surface area contributed by atoms with E-state index < -0.39 is 11.5 Å². The Morgan fingerprint density at radius 2 is 1.23 bits per heavy atom. The van der Waals surface area contributed by atoms with Crippen molar-refractivity contribution >= 4 is 85.0 Å². The zero-order valence-electron chi connectivity index (χ0n) is 33.8. The lowest BCUT2D eigenvalue weighted by Gasteiger charge is -2.10. The zero-order chi connectivity index (χ0) is 43.7. The van der Waals surface area contributed by atoms with Gasteiger partial charge in [-0.3, -0.25) is 18.7 Å². The van der Waals surface area contributed by atoms with Gasteiger partial charge in [-0.25, -0.2) is 29.5 Å². The average Bonchev–Trinajstić information content (AvgIpc) is 4.17. The molecule has 2 saturated carbocycles. The van der Waals surface area contributed by atoms with Gasteiger partial charge in [0, 0.05) is 60.2 Å². The van der Waals surface area contributed by atoms with Crippen molar-refractivity contribution in [1.82, 2.24) is 29.1 Å². The molecule has 62 heavy (non-hydrogen) atoms. The third kappa shape index (κ3) is 7.04. The number of nitrogens with zero attached hydrogens (tertiary/aromatic N) is 7. The number of aromatic nitrogens is 6. The van der Waals surface area contributed by atoms with E-state index in [1.54, 1.807) is 50.8 Å². The lowest BCUT2D eigenvalue weighted by Crippen LogP contribution is -2.15. The molecule has 0 saturated heterocycles. The van der Waals surface area contributed by atoms with Gasteiger partial charge in [0.25, 0.3) is 0 Å². The fourth-order valence-corrected chi connectivity index (χ4v) is 7.63. The quantitative estimate of drug-likeness (QED) is 0.123. The number of anilines is 4. The molecule has 2 aliphatic carbocycles. The Morgan fingerprint density at radius 1 is 0.758 bits per heavy atom. The van der Waals surface area contributed by atoms with Gasteiger partial charge in [-0.1, -0.05) is 0 Å². The van der Waals surface area contributed by atoms with Crippen LogP contribution in [0.2, 0.25) is 0 Å². The van der Waals surface area contributed by atoms with Gasteiger partial charge in [-0.15, -0.1) is 0 Å². The molecule has 0 bridgehead atoms. The third-order valence-electron chi connectivity index (χ3n) is 11.5. The molecule has 310 valence electrons. The fourth-order valence-electron chi connectivity index (χ4n) is 7.63. The van der Waals surface area contributed by atoms with Crippen LogP contribution in [0.25, 0.3) is 66.3 Å². The predicted octanol–water partition coefficient (Wildman–Crippen LogP) is 5.59. The summed E-state index contributed by atoms with van der Waals surface area (Å²) >= 11 is 0. The maximum absolute atomic E-state index is 12.3. The molecule has 2 amide bonds. The number of carbonyl (C=O) groups is 2. The molecule has 18 heteroatoms. The Kier molecular flexibility index (Phi) is 9.38. The molecular formula is C44H38N12O6. The van der Waals surface area contributed by atoms with Crippen LogP contribution in [0.15, 0.2) is 79.3 Å². The van der Waals surface area contributed by atoms with Gasteiger partial charge >= 0.3 is 11.5 Å². The van der Waals surface area contributed by atoms with Crippen LogP contribution >= 0.6 is 0 Å². The smallest absolute Gasteiger partial charge is 0.408 e. The molecule has 18 nitrogen and oxygen atoms in total. The molecule has 2 aromatic carbocycles. The molecule has 0 radical (unpaired) electrons. The highest BCUT2D eigenvalue weighted by Gasteiger charge is 2.43. The summed E-state index contributed by atoms with van der Waals surface area (Å²) < 4.78 is 13.5. The lowest BCUT2D eigenvalue weighted by atomic mass is 10.0. The van der Waals surface area contributed by atoms with E-state index in [4.69, 9.17) is 31.0 Å². The molecule has 6 heterocycles. The molecule has 10 rings (SSSR count). The number of pyridine rings is 4. The molecule has 2 aliphatic rings. The Labute approximate surface area is 350 Å². The van der Waals surface area contributed by atoms with Gasteiger partial charge in [0.2, 0.25) is 11.8 Å². The van der Waals surface area contributed by atoms with Gasteiger partial charge < -0.3 is 36.3 Å². The first-order valence-electron chi connectivity index (χ1n) is 19.6. The number of oxazole rings is 2. The number of nitriles is 1. The van der Waals surface area contributed by atoms with Gasteiger partial charge in [0.1, 0.15) is 23.3 Å². The number of nitrogen functional groups attached to an aromatic ring is 2. The lowest BCUT2D eigenvalue weighted by molar-refractivity contribution is -0.118. The minimum atomic E-state index is -0.432. The summed E-state index contributed by atoms with van der Waals surface area (Å²) in [5.41, 5.74) is 19.4. The summed E-state index contributed by atoms with van der Waals surface area (Å²) in [7, 11) is 3.32. The SMILES string of the molecule is Cc1cc2c(cc1-c1cc3cc(NC(=O)[C@@H]4C[C@H]4C=N)ncc3c(N)n1)oc(=O)n2C.Cc1cc2c(cc1-c1cc3cc(NC(=O)[C@H]4C[C@@H]4C#N)ncc3c(N)n1)oc(=O)n2C. The van der Waals surface area contributed by atoms with Crippen LogP contribution in [0, 0.1) is 54.3 Å². The maximum atomic E-state index is 12.3. The van der Waals surface area contributed by atoms with Crippen LogP contribution in [0.3, 0.4) is 0 Å². The summed E-state index contributed by atoms with van der Waals surface area (Å²) in [6, 6.07) is 16.6. The number of hydrogen-bond donors (Lipinski definition) is 5. The first kappa shape index (κ1) is 39.3. The molecule has 0 spiro atoms. The highest BCUT2D eigenvalue weighted by atomic mass is 16.4. The van der Waals surface area contributed by atoms with Crippen LogP contribution in [-0.2, 0) is 23.7 Å². The van der Waals surface area contributed by atoms with E-state index in [0.717, 1.165) is 33.0 Å². The second-order valence-electron chi connectivity index (χ2n) is 15.7. The van der Waals surface area contributed by atoms with Crippen LogP contribution in [-0.4, -0.2) is 47.1 Å². The highest BCUT2D eigenvalue weighted by Crippen LogP contribution is 2.39. The van der Waals surface area contributed by atoms with Crippen molar-refractivity contribution in [1.29, 1.82) is 10.7 Å². The average molecular weight is 831 g/mol. The van der Waals surface area contributed by atoms with Crippen LogP contribution in [0.1, 0.15) is 24.0 Å². The van der Waals surface area contributed by atoms with Crippen molar-refractivity contribution in [2.75, 3.05) is 22.1 Å². The Bertz CT molecular complexity index is 3390. The van der Waals surface area contributed by atoms with E-state index in [1.807, 2.05) is 38.1 Å². The number of benzene rings is 2. The third-order valence-corrected chi connectivity index (χ3v) is 11.5. The maximum Gasteiger partial charge on any atom is 0.419 e. The molecule has 2 fully saturated rings. The number of rotatable bonds is 7. The minimum absolute atomic E-state index is 0.0165. The van der Waals surface area contributed by atoms with E-state index >= 15 is 0 Å². The van der Waals surface area contributed by atoms with Crippen molar-refractivity contribution in [3.05, 3.63) is 93.2 Å². The first-order chi connectivity index (χ1) is 29.7. The Balaban J connectivity index is 0.000000158. The monoisotopic (exact) mass is 830 g/mol.